The lowest BCUT2D eigenvalue weighted by Gasteiger charge is -2.21. The first kappa shape index (κ1) is 24.8. The molecule has 0 unspecified atom stereocenters. The summed E-state index contributed by atoms with van der Waals surface area (Å²) in [5, 5.41) is 3.99. The summed E-state index contributed by atoms with van der Waals surface area (Å²) in [4.78, 5) is 17.4. The van der Waals surface area contributed by atoms with Crippen molar-refractivity contribution in [2.75, 3.05) is 18.5 Å². The van der Waals surface area contributed by atoms with Crippen molar-refractivity contribution in [3.05, 3.63) is 95.7 Å². The fourth-order valence-electron chi connectivity index (χ4n) is 4.62. The van der Waals surface area contributed by atoms with Crippen LogP contribution in [0.15, 0.2) is 78.9 Å². The number of rotatable bonds is 9. The third-order valence-electron chi connectivity index (χ3n) is 6.71. The zero-order chi connectivity index (χ0) is 25.5. The molecule has 1 aliphatic heterocycles. The van der Waals surface area contributed by atoms with Gasteiger partial charge in [0.25, 0.3) is 0 Å². The van der Waals surface area contributed by atoms with Gasteiger partial charge in [0.1, 0.15) is 24.7 Å². The highest BCUT2D eigenvalue weighted by molar-refractivity contribution is 5.91. The molecule has 190 valence electrons. The molecule has 4 aromatic rings. The summed E-state index contributed by atoms with van der Waals surface area (Å²) >= 11 is 0. The molecule has 1 amide bonds. The van der Waals surface area contributed by atoms with E-state index in [0.29, 0.717) is 24.7 Å². The van der Waals surface area contributed by atoms with E-state index >= 15 is 0 Å². The highest BCUT2D eigenvalue weighted by atomic mass is 16.5. The van der Waals surface area contributed by atoms with E-state index in [0.717, 1.165) is 65.2 Å². The number of benzene rings is 3. The summed E-state index contributed by atoms with van der Waals surface area (Å²) in [6, 6.07) is 25.6. The molecule has 1 saturated heterocycles. The number of aromatic nitrogens is 1. The highest BCUT2D eigenvalue weighted by Crippen LogP contribution is 2.32. The number of anilines is 1. The van der Waals surface area contributed by atoms with Crippen molar-refractivity contribution in [3.63, 3.8) is 0 Å². The molecule has 0 radical (unpaired) electrons. The summed E-state index contributed by atoms with van der Waals surface area (Å²) in [6.45, 7) is 4.26. The second-order valence-electron chi connectivity index (χ2n) is 9.43. The number of nitrogens with zero attached hydrogens (tertiary/aromatic N) is 1. The molecular weight excluding hydrogens is 464 g/mol. The van der Waals surface area contributed by atoms with E-state index in [4.69, 9.17) is 19.2 Å². The van der Waals surface area contributed by atoms with E-state index in [1.165, 1.54) is 0 Å². The summed E-state index contributed by atoms with van der Waals surface area (Å²) in [5.41, 5.74) is 4.47. The van der Waals surface area contributed by atoms with E-state index < -0.39 is 0 Å². The Balaban J connectivity index is 1.28. The topological polar surface area (TPSA) is 69.7 Å². The van der Waals surface area contributed by atoms with Crippen LogP contribution in [0.2, 0.25) is 0 Å². The van der Waals surface area contributed by atoms with Gasteiger partial charge < -0.3 is 19.5 Å². The van der Waals surface area contributed by atoms with Crippen LogP contribution >= 0.6 is 0 Å². The lowest BCUT2D eigenvalue weighted by Crippen LogP contribution is -2.22. The maximum absolute atomic E-state index is 12.5. The van der Waals surface area contributed by atoms with Crippen molar-refractivity contribution < 1.29 is 19.0 Å². The minimum atomic E-state index is 0.0243. The first-order valence-electron chi connectivity index (χ1n) is 12.8. The van der Waals surface area contributed by atoms with Gasteiger partial charge in [-0.05, 0) is 55.5 Å². The zero-order valence-corrected chi connectivity index (χ0v) is 21.1. The van der Waals surface area contributed by atoms with Crippen LogP contribution in [0.4, 0.5) is 5.69 Å². The van der Waals surface area contributed by atoms with Crippen LogP contribution in [0.1, 0.15) is 36.1 Å². The largest absolute Gasteiger partial charge is 0.488 e. The smallest absolute Gasteiger partial charge is 0.224 e. The molecule has 5 rings (SSSR count). The molecule has 1 aliphatic rings. The van der Waals surface area contributed by atoms with Gasteiger partial charge >= 0.3 is 0 Å². The monoisotopic (exact) mass is 496 g/mol. The molecule has 6 heteroatoms. The van der Waals surface area contributed by atoms with E-state index in [1.807, 2.05) is 73.7 Å². The van der Waals surface area contributed by atoms with Crippen molar-refractivity contribution in [1.29, 1.82) is 0 Å². The number of para-hydroxylation sites is 1. The summed E-state index contributed by atoms with van der Waals surface area (Å²) < 4.78 is 17.8. The summed E-state index contributed by atoms with van der Waals surface area (Å²) in [6.07, 6.45) is 2.39. The predicted octanol–water partition coefficient (Wildman–Crippen LogP) is 6.46. The van der Waals surface area contributed by atoms with Crippen LogP contribution in [-0.2, 0) is 22.7 Å². The Bertz CT molecular complexity index is 1350. The predicted molar refractivity (Wildman–Crippen MR) is 145 cm³/mol. The molecule has 2 heterocycles. The highest BCUT2D eigenvalue weighted by Gasteiger charge is 2.18. The van der Waals surface area contributed by atoms with Gasteiger partial charge in [0.15, 0.2) is 0 Å². The van der Waals surface area contributed by atoms with Crippen LogP contribution in [0, 0.1) is 12.8 Å². The molecule has 0 saturated carbocycles. The fraction of sp³-hybridized carbons (Fsp3) is 0.290. The van der Waals surface area contributed by atoms with Gasteiger partial charge in [-0.1, -0.05) is 48.5 Å². The number of carbonyl (C=O) groups excluding carboxylic acids is 1. The van der Waals surface area contributed by atoms with E-state index in [2.05, 4.69) is 17.4 Å². The van der Waals surface area contributed by atoms with Crippen LogP contribution in [-0.4, -0.2) is 24.1 Å². The molecule has 3 aromatic carbocycles. The van der Waals surface area contributed by atoms with Crippen LogP contribution in [0.3, 0.4) is 0 Å². The second-order valence-corrected chi connectivity index (χ2v) is 9.43. The number of ether oxygens (including phenoxy) is 3. The van der Waals surface area contributed by atoms with Gasteiger partial charge in [-0.2, -0.15) is 0 Å². The molecule has 1 aromatic heterocycles. The Hall–Kier alpha value is -3.90. The average molecular weight is 497 g/mol. The van der Waals surface area contributed by atoms with Gasteiger partial charge in [0.2, 0.25) is 5.91 Å². The molecule has 0 atom stereocenters. The molecule has 6 nitrogen and oxygen atoms in total. The lowest BCUT2D eigenvalue weighted by molar-refractivity contribution is -0.117. The Kier molecular flexibility index (Phi) is 7.96. The average Bonchev–Trinajstić information content (AvgIpc) is 2.93. The van der Waals surface area contributed by atoms with Gasteiger partial charge in [0, 0.05) is 42.3 Å². The fourth-order valence-corrected chi connectivity index (χ4v) is 4.62. The van der Waals surface area contributed by atoms with E-state index in [9.17, 15) is 4.79 Å². The van der Waals surface area contributed by atoms with Crippen molar-refractivity contribution in [2.45, 2.75) is 39.4 Å². The van der Waals surface area contributed by atoms with Crippen LogP contribution in [0.5, 0.6) is 11.5 Å². The molecule has 37 heavy (non-hydrogen) atoms. The van der Waals surface area contributed by atoms with Crippen molar-refractivity contribution in [2.24, 2.45) is 5.92 Å². The molecule has 1 N–H and O–H groups in total. The van der Waals surface area contributed by atoms with E-state index in [-0.39, 0.29) is 12.5 Å². The summed E-state index contributed by atoms with van der Waals surface area (Å²) in [5.74, 6) is 1.90. The van der Waals surface area contributed by atoms with Gasteiger partial charge in [-0.15, -0.1) is 0 Å². The molecule has 1 fully saturated rings. The Morgan fingerprint density at radius 2 is 1.73 bits per heavy atom. The quantitative estimate of drug-likeness (QED) is 0.288. The first-order chi connectivity index (χ1) is 18.2. The second kappa shape index (κ2) is 11.9. The normalized spacial score (nSPS) is 13.9. The maximum Gasteiger partial charge on any atom is 0.224 e. The standard InChI is InChI=1S/C31H32N2O4/c1-22-29(33-28-13-6-5-12-27(28)31(22)37-20-24-8-3-2-4-9-24)21-36-26-11-7-10-25(19-26)32-30(34)18-23-14-16-35-17-15-23/h2-13,19,23H,14-18,20-21H2,1H3,(H,32,34). The maximum atomic E-state index is 12.5. The Morgan fingerprint density at radius 1 is 0.946 bits per heavy atom. The number of hydrogen-bond donors (Lipinski definition) is 1. The van der Waals surface area contributed by atoms with Crippen LogP contribution in [0.25, 0.3) is 10.9 Å². The SMILES string of the molecule is Cc1c(COc2cccc(NC(=O)CC3CCOCC3)c2)nc2ccccc2c1OCc1ccccc1. The Morgan fingerprint density at radius 3 is 2.57 bits per heavy atom. The van der Waals surface area contributed by atoms with Crippen molar-refractivity contribution >= 4 is 22.5 Å². The van der Waals surface area contributed by atoms with Crippen molar-refractivity contribution in [1.82, 2.24) is 4.98 Å². The number of pyridine rings is 1. The van der Waals surface area contributed by atoms with Crippen LogP contribution < -0.4 is 14.8 Å². The van der Waals surface area contributed by atoms with Gasteiger partial charge in [-0.25, -0.2) is 4.98 Å². The molecular formula is C31H32N2O4. The number of amides is 1. The first-order valence-corrected chi connectivity index (χ1v) is 12.8. The van der Waals surface area contributed by atoms with Crippen molar-refractivity contribution in [3.8, 4) is 11.5 Å². The minimum absolute atomic E-state index is 0.0243. The number of carbonyl (C=O) groups is 1. The third-order valence-corrected chi connectivity index (χ3v) is 6.71. The summed E-state index contributed by atoms with van der Waals surface area (Å²) in [7, 11) is 0. The zero-order valence-electron chi connectivity index (χ0n) is 21.1. The molecule has 0 spiro atoms. The lowest BCUT2D eigenvalue weighted by atomic mass is 9.96. The third kappa shape index (κ3) is 6.46. The Labute approximate surface area is 217 Å². The van der Waals surface area contributed by atoms with Gasteiger partial charge in [-0.3, -0.25) is 4.79 Å². The molecule has 0 aliphatic carbocycles. The van der Waals surface area contributed by atoms with Gasteiger partial charge in [0.05, 0.1) is 11.2 Å². The minimum Gasteiger partial charge on any atom is -0.488 e. The number of fused-ring (bicyclic) bond motifs is 1. The number of hydrogen-bond acceptors (Lipinski definition) is 5. The molecule has 0 bridgehead atoms. The van der Waals surface area contributed by atoms with E-state index in [1.54, 1.807) is 0 Å². The number of nitrogens with one attached hydrogen (secondary N) is 1.